The number of Topliss-reactive ketones (excluding diaryl/α,β-unsaturated/α-hetero) is 1. The zero-order valence-corrected chi connectivity index (χ0v) is 31.4. The molecular weight excluding hydrogens is 683 g/mol. The molecule has 2 N–H and O–H groups in total. The van der Waals surface area contributed by atoms with Gasteiger partial charge in [0.05, 0.1) is 37.9 Å². The number of amides is 1. The number of carbonyl (C=O) groups excluding carboxylic acids is 2. The topological polar surface area (TPSA) is 96.3 Å². The van der Waals surface area contributed by atoms with Crippen LogP contribution in [0.1, 0.15) is 93.6 Å². The largest absolute Gasteiger partial charge is 0.493 e. The molecule has 7 nitrogen and oxygen atoms in total. The fourth-order valence-electron chi connectivity index (χ4n) is 11.7. The van der Waals surface area contributed by atoms with Gasteiger partial charge in [0.1, 0.15) is 0 Å². The highest BCUT2D eigenvalue weighted by Crippen LogP contribution is 2.78. The van der Waals surface area contributed by atoms with Crippen LogP contribution < -0.4 is 9.47 Å². The number of ketones is 1. The third kappa shape index (κ3) is 5.59. The first-order valence-electron chi connectivity index (χ1n) is 19.1. The Bertz CT molecular complexity index is 1860. The van der Waals surface area contributed by atoms with Crippen molar-refractivity contribution in [3.8, 4) is 11.5 Å². The fourth-order valence-corrected chi connectivity index (χ4v) is 11.7. The van der Waals surface area contributed by atoms with Crippen LogP contribution in [0.5, 0.6) is 11.5 Å². The molecule has 6 aliphatic carbocycles. The molecule has 8 rings (SSSR count). The number of hydrogen-bond acceptors (Lipinski definition) is 6. The molecule has 0 aliphatic heterocycles. The lowest BCUT2D eigenvalue weighted by Gasteiger charge is -2.71. The van der Waals surface area contributed by atoms with Crippen LogP contribution in [-0.2, 0) is 17.4 Å². The summed E-state index contributed by atoms with van der Waals surface area (Å²) in [6.45, 7) is 6.97. The van der Waals surface area contributed by atoms with Crippen LogP contribution in [0.3, 0.4) is 0 Å². The molecule has 0 aromatic heterocycles. The third-order valence-corrected chi connectivity index (χ3v) is 14.5. The first kappa shape index (κ1) is 37.7. The van der Waals surface area contributed by atoms with Crippen LogP contribution >= 0.6 is 0 Å². The van der Waals surface area contributed by atoms with Crippen molar-refractivity contribution in [2.24, 2.45) is 33.5 Å². The van der Waals surface area contributed by atoms with Crippen molar-refractivity contribution in [1.29, 1.82) is 0 Å². The number of carbonyl (C=O) groups is 2. The van der Waals surface area contributed by atoms with E-state index in [1.54, 1.807) is 31.3 Å². The average Bonchev–Trinajstić information content (AvgIpc) is 3.40. The molecule has 2 bridgehead atoms. The lowest BCUT2D eigenvalue weighted by Crippen LogP contribution is -2.67. The Balaban J connectivity index is 1.26. The van der Waals surface area contributed by atoms with Crippen LogP contribution in [0.2, 0.25) is 0 Å². The summed E-state index contributed by atoms with van der Waals surface area (Å²) < 4.78 is 52.5. The highest BCUT2D eigenvalue weighted by atomic mass is 19.4. The van der Waals surface area contributed by atoms with Gasteiger partial charge in [-0.25, -0.2) is 0 Å². The lowest BCUT2D eigenvalue weighted by atomic mass is 9.32. The van der Waals surface area contributed by atoms with Crippen LogP contribution in [0.4, 0.5) is 13.2 Å². The van der Waals surface area contributed by atoms with E-state index >= 15 is 0 Å². The lowest BCUT2D eigenvalue weighted by molar-refractivity contribution is -0.178. The van der Waals surface area contributed by atoms with Crippen LogP contribution in [-0.4, -0.2) is 65.8 Å². The minimum Gasteiger partial charge on any atom is -0.493 e. The normalized spacial score (nSPS) is 35.5. The number of rotatable bonds is 10. The van der Waals surface area contributed by atoms with E-state index in [1.807, 2.05) is 19.1 Å². The highest BCUT2D eigenvalue weighted by molar-refractivity contribution is 6.10. The Morgan fingerprint density at radius 2 is 1.62 bits per heavy atom. The molecule has 2 aromatic rings. The van der Waals surface area contributed by atoms with Gasteiger partial charge in [-0.1, -0.05) is 57.2 Å². The molecule has 0 saturated heterocycles. The van der Waals surface area contributed by atoms with Crippen molar-refractivity contribution in [2.75, 3.05) is 27.3 Å². The summed E-state index contributed by atoms with van der Waals surface area (Å²) in [5, 5.41) is 23.9. The van der Waals surface area contributed by atoms with Gasteiger partial charge in [0.2, 0.25) is 5.91 Å². The van der Waals surface area contributed by atoms with Gasteiger partial charge in [0, 0.05) is 40.5 Å². The van der Waals surface area contributed by atoms with E-state index in [-0.39, 0.29) is 41.7 Å². The number of nitrogens with zero attached hydrogens (tertiary/aromatic N) is 1. The summed E-state index contributed by atoms with van der Waals surface area (Å²) >= 11 is 0. The van der Waals surface area contributed by atoms with Gasteiger partial charge < -0.3 is 24.6 Å². The van der Waals surface area contributed by atoms with Crippen LogP contribution in [0.25, 0.3) is 0 Å². The van der Waals surface area contributed by atoms with E-state index in [4.69, 9.17) is 9.47 Å². The smallest absolute Gasteiger partial charge is 0.416 e. The number of methoxy groups -OCH3 is 2. The van der Waals surface area contributed by atoms with Crippen molar-refractivity contribution >= 4 is 11.7 Å². The maximum absolute atomic E-state index is 14.8. The summed E-state index contributed by atoms with van der Waals surface area (Å²) in [6.07, 6.45) is 6.25. The van der Waals surface area contributed by atoms with E-state index in [1.165, 1.54) is 12.1 Å². The quantitative estimate of drug-likeness (QED) is 0.190. The van der Waals surface area contributed by atoms with Crippen molar-refractivity contribution in [1.82, 2.24) is 4.90 Å². The zero-order chi connectivity index (χ0) is 38.2. The van der Waals surface area contributed by atoms with Gasteiger partial charge in [0.15, 0.2) is 17.3 Å². The van der Waals surface area contributed by atoms with Gasteiger partial charge in [-0.2, -0.15) is 13.2 Å². The highest BCUT2D eigenvalue weighted by Gasteiger charge is 2.74. The van der Waals surface area contributed by atoms with E-state index in [0.29, 0.717) is 68.6 Å². The molecule has 6 aliphatic rings. The molecule has 8 atom stereocenters. The molecule has 3 fully saturated rings. The molecule has 53 heavy (non-hydrogen) atoms. The van der Waals surface area contributed by atoms with E-state index in [2.05, 4.69) is 26.0 Å². The molecule has 8 unspecified atom stereocenters. The molecule has 0 radical (unpaired) electrons. The molecule has 2 aromatic carbocycles. The number of hydrogen-bond donors (Lipinski definition) is 2. The summed E-state index contributed by atoms with van der Waals surface area (Å²) in [5.41, 5.74) is -3.33. The number of aliphatic hydroxyl groups excluding tert-OH is 1. The molecule has 0 heterocycles. The van der Waals surface area contributed by atoms with Crippen LogP contribution in [0, 0.1) is 33.5 Å². The summed E-state index contributed by atoms with van der Waals surface area (Å²) in [5.74, 6) is 0.341. The zero-order valence-electron chi connectivity index (χ0n) is 31.4. The maximum atomic E-state index is 14.8. The van der Waals surface area contributed by atoms with Gasteiger partial charge >= 0.3 is 6.18 Å². The summed E-state index contributed by atoms with van der Waals surface area (Å²) in [4.78, 5) is 30.6. The number of allylic oxidation sites excluding steroid dienone is 4. The van der Waals surface area contributed by atoms with Gasteiger partial charge in [-0.3, -0.25) is 9.59 Å². The number of halogens is 3. The third-order valence-electron chi connectivity index (χ3n) is 14.5. The van der Waals surface area contributed by atoms with Crippen molar-refractivity contribution in [3.63, 3.8) is 0 Å². The van der Waals surface area contributed by atoms with Crippen molar-refractivity contribution in [2.45, 2.75) is 96.4 Å². The molecule has 1 amide bonds. The average molecular weight is 736 g/mol. The van der Waals surface area contributed by atoms with Crippen LogP contribution in [0.15, 0.2) is 66.3 Å². The minimum absolute atomic E-state index is 0.00923. The summed E-state index contributed by atoms with van der Waals surface area (Å²) in [6, 6.07) is 10.1. The van der Waals surface area contributed by atoms with E-state index in [9.17, 15) is 33.0 Å². The molecular formula is C43H52F3NO6. The first-order chi connectivity index (χ1) is 25.0. The monoisotopic (exact) mass is 735 g/mol. The second-order valence-electron chi connectivity index (χ2n) is 16.9. The van der Waals surface area contributed by atoms with Crippen molar-refractivity contribution < 1.29 is 42.4 Å². The Morgan fingerprint density at radius 1 is 0.925 bits per heavy atom. The molecule has 286 valence electrons. The number of ether oxygens (including phenoxy) is 2. The second-order valence-corrected chi connectivity index (χ2v) is 16.9. The van der Waals surface area contributed by atoms with Crippen molar-refractivity contribution in [3.05, 3.63) is 83.0 Å². The SMILES string of the molecule is CCCN(CC1(O)CCC2C34C=CC5(C=C3C(=O)c3cccc(C(F)(F)F)c3)CC(O)CCC5(C)C4CCC21C)C(=O)Cc1ccc(OC)c(OC)c1. The molecule has 3 saturated carbocycles. The van der Waals surface area contributed by atoms with Gasteiger partial charge in [-0.15, -0.1) is 0 Å². The Morgan fingerprint density at radius 3 is 2.32 bits per heavy atom. The Kier molecular flexibility index (Phi) is 9.24. The second kappa shape index (κ2) is 13.0. The first-order valence-corrected chi connectivity index (χ1v) is 19.1. The predicted molar refractivity (Wildman–Crippen MR) is 194 cm³/mol. The molecule has 2 spiro atoms. The Labute approximate surface area is 310 Å². The number of alkyl halides is 3. The number of fused-ring (bicyclic) bond motifs is 1. The standard InChI is InChI=1S/C43H52F3NO6/c1-6-20-47(36(49)22-27-10-11-32(52-4)33(21-27)53-5)26-41(51)17-14-35-39(41,3)16-13-34-38(2)15-12-30(48)24-40(38)18-19-42(34,35)31(25-40)37(50)28-8-7-9-29(23-28)43(44,45)46/h7-11,18-19,21,23,25,30,34-35,48,51H,6,12-17,20,22,24,26H2,1-5H3. The maximum Gasteiger partial charge on any atom is 0.416 e. The molecule has 10 heteroatoms. The van der Waals surface area contributed by atoms with Gasteiger partial charge in [-0.05, 0) is 98.4 Å². The number of benzene rings is 2. The van der Waals surface area contributed by atoms with E-state index < -0.39 is 45.5 Å². The van der Waals surface area contributed by atoms with Gasteiger partial charge in [0.25, 0.3) is 0 Å². The van der Waals surface area contributed by atoms with E-state index in [0.717, 1.165) is 24.1 Å². The minimum atomic E-state index is -4.60. The fraction of sp³-hybridized carbons (Fsp3) is 0.581. The Hall–Kier alpha value is -3.63. The summed E-state index contributed by atoms with van der Waals surface area (Å²) in [7, 11) is 3.11. The number of aliphatic hydroxyl groups is 2. The predicted octanol–water partition coefficient (Wildman–Crippen LogP) is 7.98.